The summed E-state index contributed by atoms with van der Waals surface area (Å²) in [5, 5.41) is 17.5. The van der Waals surface area contributed by atoms with Crippen molar-refractivity contribution in [2.45, 2.75) is 12.5 Å². The van der Waals surface area contributed by atoms with Gasteiger partial charge in [-0.25, -0.2) is 13.7 Å². The van der Waals surface area contributed by atoms with Gasteiger partial charge in [0.1, 0.15) is 11.8 Å². The van der Waals surface area contributed by atoms with Crippen LogP contribution < -0.4 is 5.73 Å². The molecule has 0 radical (unpaired) electrons. The number of phosphoric acid groups is 3. The molecule has 150 valence electrons. The molecule has 0 bridgehead atoms. The number of carboxylic acids is 1. The zero-order valence-electron chi connectivity index (χ0n) is 12.6. The average molecular weight is 439 g/mol. The lowest BCUT2D eigenvalue weighted by molar-refractivity contribution is -0.138. The third-order valence-electron chi connectivity index (χ3n) is 2.13. The monoisotopic (exact) mass is 439 g/mol. The van der Waals surface area contributed by atoms with Gasteiger partial charge in [0.05, 0.1) is 0 Å². The van der Waals surface area contributed by atoms with Crippen molar-refractivity contribution in [1.29, 1.82) is 0 Å². The summed E-state index contributed by atoms with van der Waals surface area (Å²) in [4.78, 5) is 50.6. The number of carboxylic acid groups (broad SMARTS) is 1. The number of benzene rings is 1. The predicted octanol–water partition coefficient (Wildman–Crippen LogP) is -0.348. The number of aliphatic carboxylic acids is 1. The van der Waals surface area contributed by atoms with Gasteiger partial charge >= 0.3 is 29.4 Å². The highest BCUT2D eigenvalue weighted by molar-refractivity contribution is 7.66. The van der Waals surface area contributed by atoms with Crippen molar-refractivity contribution in [3.05, 3.63) is 29.8 Å². The summed E-state index contributed by atoms with van der Waals surface area (Å²) in [6, 6.07) is 5.42. The van der Waals surface area contributed by atoms with E-state index >= 15 is 0 Å². The summed E-state index contributed by atoms with van der Waals surface area (Å²) >= 11 is 0. The number of carbonyl (C=O) groups is 1. The van der Waals surface area contributed by atoms with E-state index in [1.165, 1.54) is 12.1 Å². The molecule has 0 amide bonds. The molecule has 1 aromatic rings. The molecule has 14 nitrogen and oxygen atoms in total. The van der Waals surface area contributed by atoms with Crippen molar-refractivity contribution in [2.75, 3.05) is 0 Å². The van der Waals surface area contributed by atoms with E-state index in [-0.39, 0.29) is 12.2 Å². The second kappa shape index (κ2) is 9.70. The first-order chi connectivity index (χ1) is 11.5. The van der Waals surface area contributed by atoms with Gasteiger partial charge in [-0.2, -0.15) is 8.62 Å². The molecule has 26 heavy (non-hydrogen) atoms. The van der Waals surface area contributed by atoms with Gasteiger partial charge < -0.3 is 40.4 Å². The Bertz CT molecular complexity index is 710. The van der Waals surface area contributed by atoms with Crippen LogP contribution in [0.1, 0.15) is 5.56 Å². The minimum absolute atomic E-state index is 0.160. The molecule has 0 saturated carbocycles. The molecule has 0 aliphatic rings. The van der Waals surface area contributed by atoms with Gasteiger partial charge in [0.15, 0.2) is 0 Å². The molecule has 0 aromatic heterocycles. The van der Waals surface area contributed by atoms with E-state index in [9.17, 15) is 18.5 Å². The van der Waals surface area contributed by atoms with Gasteiger partial charge in [-0.1, -0.05) is 12.1 Å². The zero-order chi connectivity index (χ0) is 20.8. The third-order valence-corrected chi connectivity index (χ3v) is 5.48. The first-order valence-corrected chi connectivity index (χ1v) is 10.7. The lowest BCUT2D eigenvalue weighted by atomic mass is 10.1. The summed E-state index contributed by atoms with van der Waals surface area (Å²) in [7, 11) is -16.2. The molecule has 1 unspecified atom stereocenters. The van der Waals surface area contributed by atoms with E-state index in [0.29, 0.717) is 0 Å². The van der Waals surface area contributed by atoms with Gasteiger partial charge in [0, 0.05) is 0 Å². The smallest absolute Gasteiger partial charge is 0.490 e. The van der Waals surface area contributed by atoms with Crippen molar-refractivity contribution in [3.8, 4) is 5.75 Å². The van der Waals surface area contributed by atoms with E-state index < -0.39 is 35.5 Å². The molecule has 0 heterocycles. The molecule has 0 aliphatic heterocycles. The molecule has 9 N–H and O–H groups in total. The van der Waals surface area contributed by atoms with Crippen LogP contribution in [0.25, 0.3) is 0 Å². The second-order valence-corrected chi connectivity index (χ2v) is 8.63. The first kappa shape index (κ1) is 24.9. The van der Waals surface area contributed by atoms with E-state index in [1.807, 2.05) is 0 Å². The maximum atomic E-state index is 10.4. The number of rotatable bonds is 7. The van der Waals surface area contributed by atoms with Gasteiger partial charge in [-0.15, -0.1) is 0 Å². The molecular weight excluding hydrogens is 423 g/mol. The van der Waals surface area contributed by atoms with E-state index in [2.05, 4.69) is 8.62 Å². The molecule has 1 rings (SSSR count). The standard InChI is InChI=1S/C9H11NO3.H5O10P3/c10-8(9(12)13)5-6-1-3-7(11)4-2-6;1-11(2,3)9-13(7,8)10-12(4,5)6/h1-4,8,11H,5,10H2,(H,12,13);(H,7,8)(H2,1,2,3)(H2,4,5,6). The van der Waals surface area contributed by atoms with Crippen LogP contribution in [0.5, 0.6) is 5.75 Å². The molecule has 1 aromatic carbocycles. The molecule has 0 saturated heterocycles. The quantitative estimate of drug-likeness (QED) is 0.253. The molecule has 17 heteroatoms. The normalized spacial score (nSPS) is 13.5. The maximum absolute atomic E-state index is 10.4. The van der Waals surface area contributed by atoms with Crippen LogP contribution in [0.3, 0.4) is 0 Å². The zero-order valence-corrected chi connectivity index (χ0v) is 15.3. The van der Waals surface area contributed by atoms with Crippen LogP contribution in [-0.2, 0) is 33.5 Å². The number of phenolic OH excluding ortho intramolecular Hbond substituents is 1. The van der Waals surface area contributed by atoms with Crippen molar-refractivity contribution in [1.82, 2.24) is 0 Å². The predicted molar refractivity (Wildman–Crippen MR) is 83.5 cm³/mol. The Hall–Kier alpha value is -1.14. The Kier molecular flexibility index (Phi) is 9.27. The lowest BCUT2D eigenvalue weighted by Crippen LogP contribution is -2.32. The molecule has 0 aliphatic carbocycles. The summed E-state index contributed by atoms with van der Waals surface area (Å²) in [6.07, 6.45) is 0.273. The van der Waals surface area contributed by atoms with E-state index in [1.54, 1.807) is 12.1 Å². The van der Waals surface area contributed by atoms with Crippen molar-refractivity contribution in [3.63, 3.8) is 0 Å². The summed E-state index contributed by atoms with van der Waals surface area (Å²) < 4.78 is 36.4. The molecule has 1 atom stereocenters. The average Bonchev–Trinajstić information content (AvgIpc) is 2.36. The lowest BCUT2D eigenvalue weighted by Gasteiger charge is -2.11. The Morgan fingerprint density at radius 1 is 0.962 bits per heavy atom. The van der Waals surface area contributed by atoms with E-state index in [0.717, 1.165) is 5.56 Å². The summed E-state index contributed by atoms with van der Waals surface area (Å²) in [6.45, 7) is 0. The number of nitrogens with two attached hydrogens (primary N) is 1. The van der Waals surface area contributed by atoms with Crippen LogP contribution in [0, 0.1) is 0 Å². The van der Waals surface area contributed by atoms with Gasteiger partial charge in [0.2, 0.25) is 0 Å². The number of hydrogen-bond acceptors (Lipinski definition) is 8. The Labute approximate surface area is 145 Å². The molecular formula is C9H16NO13P3. The van der Waals surface area contributed by atoms with Crippen LogP contribution >= 0.6 is 23.5 Å². The van der Waals surface area contributed by atoms with Crippen LogP contribution in [-0.4, -0.2) is 46.7 Å². The Morgan fingerprint density at radius 3 is 1.65 bits per heavy atom. The minimum Gasteiger partial charge on any atom is -0.508 e. The first-order valence-electron chi connectivity index (χ1n) is 6.13. The summed E-state index contributed by atoms with van der Waals surface area (Å²) in [5.74, 6) is -0.860. The Morgan fingerprint density at radius 2 is 1.35 bits per heavy atom. The number of hydrogen-bond donors (Lipinski definition) is 8. The fourth-order valence-electron chi connectivity index (χ4n) is 1.26. The molecule has 0 spiro atoms. The fourth-order valence-corrected chi connectivity index (χ4v) is 3.80. The van der Waals surface area contributed by atoms with E-state index in [4.69, 9.17) is 40.4 Å². The maximum Gasteiger partial charge on any atom is 0.490 e. The molecule has 0 fully saturated rings. The van der Waals surface area contributed by atoms with Gasteiger partial charge in [-0.3, -0.25) is 4.79 Å². The van der Waals surface area contributed by atoms with Crippen LogP contribution in [0.4, 0.5) is 0 Å². The SMILES string of the molecule is NC(Cc1ccc(O)cc1)C(=O)O.O=P(O)(O)OP(=O)(O)OP(=O)(O)O. The minimum atomic E-state index is -5.46. The van der Waals surface area contributed by atoms with Crippen LogP contribution in [0.2, 0.25) is 0 Å². The van der Waals surface area contributed by atoms with Gasteiger partial charge in [0.25, 0.3) is 0 Å². The third kappa shape index (κ3) is 13.1. The van der Waals surface area contributed by atoms with Crippen LogP contribution in [0.15, 0.2) is 24.3 Å². The van der Waals surface area contributed by atoms with Crippen molar-refractivity contribution < 1.29 is 61.8 Å². The largest absolute Gasteiger partial charge is 0.508 e. The highest BCUT2D eigenvalue weighted by Gasteiger charge is 2.38. The fraction of sp³-hybridized carbons (Fsp3) is 0.222. The topological polar surface area (TPSA) is 254 Å². The highest BCUT2D eigenvalue weighted by atomic mass is 31.3. The van der Waals surface area contributed by atoms with Crippen molar-refractivity contribution >= 4 is 29.4 Å². The Balaban J connectivity index is 0.000000481. The summed E-state index contributed by atoms with van der Waals surface area (Å²) in [5.41, 5.74) is 6.12. The van der Waals surface area contributed by atoms with Crippen molar-refractivity contribution in [2.24, 2.45) is 5.73 Å². The number of phenols is 1. The second-order valence-electron chi connectivity index (χ2n) is 4.43. The van der Waals surface area contributed by atoms with Gasteiger partial charge in [-0.05, 0) is 24.1 Å². The highest BCUT2D eigenvalue weighted by Crippen LogP contribution is 2.64. The number of aromatic hydroxyl groups is 1.